The van der Waals surface area contributed by atoms with E-state index in [1.165, 1.54) is 72.5 Å². The van der Waals surface area contributed by atoms with E-state index in [1.807, 2.05) is 6.92 Å². The number of hydrogen-bond donors (Lipinski definition) is 18. The van der Waals surface area contributed by atoms with Crippen molar-refractivity contribution < 1.29 is 91.7 Å². The number of carbonyl (C=O) groups is 17. The Morgan fingerprint density at radius 3 is 1.56 bits per heavy atom. The number of amides is 17. The SMILES string of the molecule is CCCC[C@H]1C(=O)N2CCC[C@@H]2C(=O)N[C@@H](CCCN)C(=O)N[C@H](C(=O)NCC(N)=O)CSCC(=O)N[C@@H](Cc2ccc(O)cc2)C(=O)N(C)[C@@H](C)C(=O)N[C@@H](CC(N)=O)C(=O)N2CCC[C@H]2C(=O)N[C@@H](Cc2cnc[nH]2)C(=O)N[C@@H](CC(C)C)C(=O)N2CCC[C@H]2C(=O)N[C@@H](Cc2c[nH]c3ccccc23)C(=O)N[C@@H](CO)C(=O)N[C@@H](Cc2c[nH]c3ccccc23)C(=O)N1C. The molecule has 0 radical (unpaired) electrons. The Balaban J connectivity index is 0.993. The Hall–Kier alpha value is -13.0. The fourth-order valence-electron chi connectivity index (χ4n) is 16.8. The van der Waals surface area contributed by atoms with Crippen LogP contribution in [0.4, 0.5) is 0 Å². The van der Waals surface area contributed by atoms with Gasteiger partial charge in [0.15, 0.2) is 0 Å². The number of rotatable bonds is 22. The number of para-hydroxylation sites is 2. The Morgan fingerprint density at radius 2 is 1.02 bits per heavy atom. The molecule has 7 heterocycles. The number of imidazole rings is 1. The predicted octanol–water partition coefficient (Wildman–Crippen LogP) is -2.45. The Kier molecular flexibility index (Phi) is 35.7. The van der Waals surface area contributed by atoms with Crippen molar-refractivity contribution in [3.05, 3.63) is 120 Å². The molecule has 702 valence electrons. The number of nitrogens with two attached hydrogens (primary N) is 3. The second-order valence-corrected chi connectivity index (χ2v) is 34.8. The summed E-state index contributed by atoms with van der Waals surface area (Å²) in [6.45, 7) is 4.95. The highest BCUT2D eigenvalue weighted by atomic mass is 32.2. The van der Waals surface area contributed by atoms with E-state index in [2.05, 4.69) is 73.1 Å². The molecule has 10 rings (SSSR count). The first-order chi connectivity index (χ1) is 62.2. The van der Waals surface area contributed by atoms with E-state index < -0.39 is 216 Å². The van der Waals surface area contributed by atoms with Gasteiger partial charge in [-0.25, -0.2) is 4.98 Å². The summed E-state index contributed by atoms with van der Waals surface area (Å²) in [5, 5.41) is 49.5. The monoisotopic (exact) mass is 1820 g/mol. The summed E-state index contributed by atoms with van der Waals surface area (Å²) < 4.78 is 0. The zero-order chi connectivity index (χ0) is 94.2. The van der Waals surface area contributed by atoms with E-state index in [0.717, 1.165) is 21.6 Å². The van der Waals surface area contributed by atoms with Gasteiger partial charge in [0.2, 0.25) is 100 Å². The van der Waals surface area contributed by atoms with E-state index in [4.69, 9.17) is 17.2 Å². The van der Waals surface area contributed by atoms with Crippen molar-refractivity contribution in [2.45, 2.75) is 221 Å². The van der Waals surface area contributed by atoms with Crippen molar-refractivity contribution in [1.82, 2.24) is 97.6 Å². The molecule has 4 fully saturated rings. The van der Waals surface area contributed by atoms with Crippen LogP contribution in [0.15, 0.2) is 97.7 Å². The van der Waals surface area contributed by atoms with Crippen LogP contribution in [0.3, 0.4) is 0 Å². The second kappa shape index (κ2) is 46.8. The maximum absolute atomic E-state index is 15.6. The molecular weight excluding hydrogens is 1700 g/mol. The number of likely N-dealkylation sites (N-methyl/N-ethyl adjacent to an activating group) is 2. The van der Waals surface area contributed by atoms with Crippen LogP contribution in [0.2, 0.25) is 0 Å². The molecule has 0 saturated carbocycles. The number of nitrogens with zero attached hydrogens (tertiary/aromatic N) is 6. The minimum absolute atomic E-state index is 0.00114. The number of aliphatic hydroxyl groups is 1. The molecule has 42 heteroatoms. The maximum atomic E-state index is 15.6. The first kappa shape index (κ1) is 99.2. The third-order valence-electron chi connectivity index (χ3n) is 23.9. The van der Waals surface area contributed by atoms with Crippen molar-refractivity contribution in [2.24, 2.45) is 23.1 Å². The number of hydrogen-bond acceptors (Lipinski definition) is 22. The van der Waals surface area contributed by atoms with Crippen molar-refractivity contribution in [2.75, 3.05) is 64.9 Å². The van der Waals surface area contributed by atoms with Gasteiger partial charge in [-0.1, -0.05) is 82.1 Å². The number of phenols is 1. The summed E-state index contributed by atoms with van der Waals surface area (Å²) in [4.78, 5) is 268. The van der Waals surface area contributed by atoms with Crippen molar-refractivity contribution in [1.29, 1.82) is 0 Å². The largest absolute Gasteiger partial charge is 0.508 e. The molecule has 3 aromatic carbocycles. The summed E-state index contributed by atoms with van der Waals surface area (Å²) in [6, 6.07) is -0.757. The predicted molar refractivity (Wildman–Crippen MR) is 476 cm³/mol. The number of H-pyrrole nitrogens is 3. The number of aromatic amines is 3. The lowest BCUT2D eigenvalue weighted by Gasteiger charge is -2.35. The lowest BCUT2D eigenvalue weighted by atomic mass is 10.0. The molecule has 0 unspecified atom stereocenters. The van der Waals surface area contributed by atoms with Crippen LogP contribution in [-0.4, -0.2) is 305 Å². The topological polar surface area (TPSA) is 605 Å². The van der Waals surface area contributed by atoms with Gasteiger partial charge in [-0.2, -0.15) is 0 Å². The van der Waals surface area contributed by atoms with Gasteiger partial charge >= 0.3 is 0 Å². The molecule has 0 spiro atoms. The zero-order valence-electron chi connectivity index (χ0n) is 73.7. The molecule has 3 aromatic heterocycles. The number of benzene rings is 3. The number of primary amides is 2. The number of thioether (sulfide) groups is 1. The molecule has 41 nitrogen and oxygen atoms in total. The molecule has 4 aliphatic rings. The van der Waals surface area contributed by atoms with Crippen LogP contribution in [0.25, 0.3) is 21.8 Å². The van der Waals surface area contributed by atoms with E-state index >= 15 is 33.6 Å². The smallest absolute Gasteiger partial charge is 0.246 e. The summed E-state index contributed by atoms with van der Waals surface area (Å²) in [6.07, 6.45) is 6.20. The summed E-state index contributed by atoms with van der Waals surface area (Å²) in [5.41, 5.74) is 20.3. The van der Waals surface area contributed by atoms with Crippen LogP contribution >= 0.6 is 11.8 Å². The van der Waals surface area contributed by atoms with Crippen molar-refractivity contribution in [3.63, 3.8) is 0 Å². The molecule has 6 aromatic rings. The minimum atomic E-state index is -1.83. The number of fused-ring (bicyclic) bond motifs is 5. The van der Waals surface area contributed by atoms with Crippen molar-refractivity contribution in [3.8, 4) is 5.75 Å². The average Bonchev–Trinajstić information content (AvgIpc) is 1.55. The molecule has 4 aliphatic heterocycles. The summed E-state index contributed by atoms with van der Waals surface area (Å²) in [5.74, 6) is -16.4. The summed E-state index contributed by atoms with van der Waals surface area (Å²) in [7, 11) is 2.61. The zero-order valence-corrected chi connectivity index (χ0v) is 74.6. The molecule has 21 N–H and O–H groups in total. The number of aromatic hydroxyl groups is 1. The van der Waals surface area contributed by atoms with Gasteiger partial charge in [0, 0.05) is 111 Å². The Bertz CT molecular complexity index is 5070. The molecule has 4 saturated heterocycles. The fraction of sp³-hybridized carbons (Fsp3) is 0.523. The molecule has 0 bridgehead atoms. The normalized spacial score (nSPS) is 25.2. The van der Waals surface area contributed by atoms with Gasteiger partial charge in [-0.15, -0.1) is 11.8 Å². The molecular formula is C88H120N22O19S. The van der Waals surface area contributed by atoms with Gasteiger partial charge in [-0.05, 0) is 125 Å². The van der Waals surface area contributed by atoms with Gasteiger partial charge in [-0.3, -0.25) is 81.5 Å². The Labute approximate surface area is 755 Å². The van der Waals surface area contributed by atoms with Crippen LogP contribution in [0.1, 0.15) is 134 Å². The quantitative estimate of drug-likeness (QED) is 0.0335. The first-order valence-corrected chi connectivity index (χ1v) is 45.1. The fourth-order valence-corrected chi connectivity index (χ4v) is 17.6. The van der Waals surface area contributed by atoms with Gasteiger partial charge in [0.25, 0.3) is 0 Å². The number of nitrogens with one attached hydrogen (secondary N) is 13. The number of unbranched alkanes of at least 4 members (excludes halogenated alkanes) is 1. The van der Waals surface area contributed by atoms with E-state index in [0.29, 0.717) is 57.0 Å². The highest BCUT2D eigenvalue weighted by Crippen LogP contribution is 2.29. The lowest BCUT2D eigenvalue weighted by molar-refractivity contribution is -0.149. The number of aliphatic hydroxyl groups excluding tert-OH is 1. The van der Waals surface area contributed by atoms with Crippen LogP contribution < -0.4 is 70.4 Å². The second-order valence-electron chi connectivity index (χ2n) is 33.8. The number of carbonyl (C=O) groups excluding carboxylic acids is 17. The van der Waals surface area contributed by atoms with E-state index in [9.17, 15) is 58.2 Å². The summed E-state index contributed by atoms with van der Waals surface area (Å²) >= 11 is 0.790. The Morgan fingerprint density at radius 1 is 0.531 bits per heavy atom. The van der Waals surface area contributed by atoms with Crippen LogP contribution in [0.5, 0.6) is 5.75 Å². The standard InChI is InChI=1S/C88H120N22O19S/c1-7-8-22-71-88(129)110-33-16-25-70(110)81(122)98-59(21-13-30-89)77(118)105-67(76(117)95-43-73(91)114)45-130-46-74(115)97-63(35-50-26-28-54(112)29-27-50)84(125)106(5)49(4)75(116)101-65(39-72(90)113)87(128)109-32-15-24-69(109)83(124)100-61(38-53-42-92-47-96-53)79(120)102-62(34-48(2)3)86(127)108-31-14-23-68(108)82(123)99-60(36-51-40-93-57-19-11-9-17-55(51)57)78(119)104-66(44-111)80(121)103-64(85(126)107(71)6)37-52-41-94-58-20-12-10-18-56(52)58/h9-12,17-20,26-29,40-42,47-49,59-71,93-94,111-112H,7-8,13-16,21-25,30-39,43-46,89H2,1-6H3,(H2,90,113)(H2,91,114)(H,92,96)(H,95,117)(H,97,115)(H,98,122)(H,99,123)(H,100,124)(H,101,116)(H,102,120)(H,103,121)(H,104,119)(H,105,118)/t49-,59-,60-,61-,62-,63-,64-,65-,66-,67-,68-,69-,70+,71-/m0/s1. The average molecular weight is 1820 g/mol. The maximum Gasteiger partial charge on any atom is 0.246 e. The van der Waals surface area contributed by atoms with Gasteiger partial charge in [0.1, 0.15) is 90.3 Å². The molecule has 0 aliphatic carbocycles. The molecule has 130 heavy (non-hydrogen) atoms. The minimum Gasteiger partial charge on any atom is -0.508 e. The highest BCUT2D eigenvalue weighted by molar-refractivity contribution is 8.00. The van der Waals surface area contributed by atoms with E-state index in [-0.39, 0.29) is 128 Å². The molecule has 14 atom stereocenters. The van der Waals surface area contributed by atoms with Gasteiger partial charge in [0.05, 0.1) is 31.7 Å². The number of phenolic OH excluding ortho intramolecular Hbond substituents is 1. The van der Waals surface area contributed by atoms with E-state index in [1.54, 1.807) is 74.8 Å². The molecule has 17 amide bonds. The number of aromatic nitrogens is 4. The lowest BCUT2D eigenvalue weighted by Crippen LogP contribution is -2.61. The third kappa shape index (κ3) is 26.2. The van der Waals surface area contributed by atoms with Crippen molar-refractivity contribution >= 4 is 134 Å². The van der Waals surface area contributed by atoms with Gasteiger partial charge < -0.3 is 120 Å². The van der Waals surface area contributed by atoms with Crippen LogP contribution in [-0.2, 0) is 107 Å². The highest BCUT2D eigenvalue weighted by Gasteiger charge is 2.46. The first-order valence-electron chi connectivity index (χ1n) is 43.9. The van der Waals surface area contributed by atoms with Crippen LogP contribution in [0, 0.1) is 5.92 Å². The third-order valence-corrected chi connectivity index (χ3v) is 24.9.